The van der Waals surface area contributed by atoms with Gasteiger partial charge in [0.05, 0.1) is 6.54 Å². The number of nitrogens with two attached hydrogens (primary N) is 1. The van der Waals surface area contributed by atoms with Crippen LogP contribution >= 0.6 is 0 Å². The Morgan fingerprint density at radius 1 is 1.39 bits per heavy atom. The van der Waals surface area contributed by atoms with Gasteiger partial charge in [-0.3, -0.25) is 4.90 Å². The summed E-state index contributed by atoms with van der Waals surface area (Å²) in [7, 11) is 3.74. The SMILES string of the molecule is CN(C)c1nc(N)nc(CN2CCC(CO)C2)n1. The van der Waals surface area contributed by atoms with Crippen LogP contribution in [0.25, 0.3) is 0 Å². The largest absolute Gasteiger partial charge is 0.396 e. The molecular weight excluding hydrogens is 232 g/mol. The molecule has 0 aliphatic carbocycles. The highest BCUT2D eigenvalue weighted by atomic mass is 16.3. The molecule has 2 rings (SSSR count). The lowest BCUT2D eigenvalue weighted by Crippen LogP contribution is -2.24. The Balaban J connectivity index is 2.05. The molecule has 1 atom stereocenters. The van der Waals surface area contributed by atoms with Gasteiger partial charge in [0.1, 0.15) is 5.82 Å². The van der Waals surface area contributed by atoms with Crippen molar-refractivity contribution in [3.05, 3.63) is 5.82 Å². The molecule has 100 valence electrons. The van der Waals surface area contributed by atoms with Crippen LogP contribution in [0.1, 0.15) is 12.2 Å². The molecule has 7 heteroatoms. The maximum Gasteiger partial charge on any atom is 0.229 e. The third-order valence-electron chi connectivity index (χ3n) is 3.08. The van der Waals surface area contributed by atoms with Gasteiger partial charge < -0.3 is 15.7 Å². The molecule has 0 radical (unpaired) electrons. The fraction of sp³-hybridized carbons (Fsp3) is 0.727. The van der Waals surface area contributed by atoms with Crippen molar-refractivity contribution in [1.82, 2.24) is 19.9 Å². The Labute approximate surface area is 107 Å². The number of aliphatic hydroxyl groups excluding tert-OH is 1. The molecule has 1 saturated heterocycles. The van der Waals surface area contributed by atoms with Gasteiger partial charge in [0.15, 0.2) is 0 Å². The van der Waals surface area contributed by atoms with Gasteiger partial charge in [-0.25, -0.2) is 0 Å². The fourth-order valence-corrected chi connectivity index (χ4v) is 2.10. The van der Waals surface area contributed by atoms with Crippen LogP contribution in [0.5, 0.6) is 0 Å². The summed E-state index contributed by atoms with van der Waals surface area (Å²) in [6, 6.07) is 0. The second-order valence-corrected chi connectivity index (χ2v) is 4.88. The molecule has 1 unspecified atom stereocenters. The second kappa shape index (κ2) is 5.45. The van der Waals surface area contributed by atoms with Gasteiger partial charge in [-0.05, 0) is 18.9 Å². The molecule has 18 heavy (non-hydrogen) atoms. The van der Waals surface area contributed by atoms with E-state index in [1.54, 1.807) is 0 Å². The summed E-state index contributed by atoms with van der Waals surface area (Å²) < 4.78 is 0. The minimum Gasteiger partial charge on any atom is -0.396 e. The molecule has 2 heterocycles. The summed E-state index contributed by atoms with van der Waals surface area (Å²) in [5.74, 6) is 1.89. The van der Waals surface area contributed by atoms with Crippen molar-refractivity contribution in [2.45, 2.75) is 13.0 Å². The van der Waals surface area contributed by atoms with E-state index in [4.69, 9.17) is 10.8 Å². The van der Waals surface area contributed by atoms with Crippen LogP contribution in [0.4, 0.5) is 11.9 Å². The molecule has 0 aromatic carbocycles. The summed E-state index contributed by atoms with van der Waals surface area (Å²) in [5, 5.41) is 9.12. The maximum absolute atomic E-state index is 9.12. The number of likely N-dealkylation sites (tertiary alicyclic amines) is 1. The van der Waals surface area contributed by atoms with Crippen molar-refractivity contribution in [3.63, 3.8) is 0 Å². The quantitative estimate of drug-likeness (QED) is 0.734. The van der Waals surface area contributed by atoms with Crippen molar-refractivity contribution in [3.8, 4) is 0 Å². The van der Waals surface area contributed by atoms with Crippen molar-refractivity contribution in [1.29, 1.82) is 0 Å². The third-order valence-corrected chi connectivity index (χ3v) is 3.08. The average Bonchev–Trinajstić information content (AvgIpc) is 2.76. The highest BCUT2D eigenvalue weighted by Gasteiger charge is 2.22. The maximum atomic E-state index is 9.12. The Bertz CT molecular complexity index is 411. The van der Waals surface area contributed by atoms with Crippen molar-refractivity contribution >= 4 is 11.9 Å². The predicted molar refractivity (Wildman–Crippen MR) is 69.0 cm³/mol. The standard InChI is InChI=1S/C11H20N6O/c1-16(2)11-14-9(13-10(12)15-11)6-17-4-3-8(5-17)7-18/h8,18H,3-7H2,1-2H3,(H2,12,13,14,15). The number of nitrogens with zero attached hydrogens (tertiary/aromatic N) is 5. The van der Waals surface area contributed by atoms with E-state index in [0.717, 1.165) is 19.5 Å². The second-order valence-electron chi connectivity index (χ2n) is 4.88. The normalized spacial score (nSPS) is 20.3. The summed E-state index contributed by atoms with van der Waals surface area (Å²) in [6.45, 7) is 2.76. The van der Waals surface area contributed by atoms with Crippen LogP contribution in [-0.2, 0) is 6.54 Å². The van der Waals surface area contributed by atoms with Gasteiger partial charge in [-0.15, -0.1) is 0 Å². The van der Waals surface area contributed by atoms with Crippen LogP contribution in [0.15, 0.2) is 0 Å². The van der Waals surface area contributed by atoms with E-state index in [2.05, 4.69) is 19.9 Å². The zero-order chi connectivity index (χ0) is 13.1. The lowest BCUT2D eigenvalue weighted by Gasteiger charge is -2.16. The Morgan fingerprint density at radius 3 is 2.78 bits per heavy atom. The summed E-state index contributed by atoms with van der Waals surface area (Å²) >= 11 is 0. The smallest absolute Gasteiger partial charge is 0.229 e. The lowest BCUT2D eigenvalue weighted by molar-refractivity contribution is 0.219. The number of hydrogen-bond acceptors (Lipinski definition) is 7. The van der Waals surface area contributed by atoms with Crippen LogP contribution < -0.4 is 10.6 Å². The molecule has 0 bridgehead atoms. The van der Waals surface area contributed by atoms with Crippen molar-refractivity contribution in [2.75, 3.05) is 44.4 Å². The molecule has 1 fully saturated rings. The van der Waals surface area contributed by atoms with Gasteiger partial charge in [0, 0.05) is 27.2 Å². The summed E-state index contributed by atoms with van der Waals surface area (Å²) in [4.78, 5) is 16.6. The molecule has 3 N–H and O–H groups in total. The molecule has 1 aromatic heterocycles. The molecule has 0 spiro atoms. The topological polar surface area (TPSA) is 91.4 Å². The summed E-state index contributed by atoms with van der Waals surface area (Å²) in [5.41, 5.74) is 5.68. The lowest BCUT2D eigenvalue weighted by atomic mass is 10.1. The highest BCUT2D eigenvalue weighted by molar-refractivity contribution is 5.32. The fourth-order valence-electron chi connectivity index (χ4n) is 2.10. The van der Waals surface area contributed by atoms with E-state index in [0.29, 0.717) is 24.2 Å². The number of aliphatic hydroxyl groups is 1. The van der Waals surface area contributed by atoms with Crippen LogP contribution in [0.2, 0.25) is 0 Å². The molecule has 0 saturated carbocycles. The van der Waals surface area contributed by atoms with E-state index >= 15 is 0 Å². The molecule has 0 amide bonds. The van der Waals surface area contributed by atoms with Crippen molar-refractivity contribution < 1.29 is 5.11 Å². The van der Waals surface area contributed by atoms with E-state index in [1.807, 2.05) is 19.0 Å². The first-order valence-electron chi connectivity index (χ1n) is 6.09. The molecule has 7 nitrogen and oxygen atoms in total. The average molecular weight is 252 g/mol. The third kappa shape index (κ3) is 3.05. The Morgan fingerprint density at radius 2 is 2.17 bits per heavy atom. The van der Waals surface area contributed by atoms with Crippen LogP contribution in [0, 0.1) is 5.92 Å². The van der Waals surface area contributed by atoms with Crippen LogP contribution in [0.3, 0.4) is 0 Å². The van der Waals surface area contributed by atoms with E-state index in [-0.39, 0.29) is 12.6 Å². The van der Waals surface area contributed by atoms with Crippen LogP contribution in [-0.4, -0.2) is 58.8 Å². The zero-order valence-electron chi connectivity index (χ0n) is 10.9. The minimum absolute atomic E-state index is 0.249. The molecule has 1 aromatic rings. The molecule has 1 aliphatic rings. The Hall–Kier alpha value is -1.47. The van der Waals surface area contributed by atoms with Gasteiger partial charge in [-0.2, -0.15) is 15.0 Å². The first-order valence-corrected chi connectivity index (χ1v) is 6.09. The van der Waals surface area contributed by atoms with Gasteiger partial charge in [0.2, 0.25) is 11.9 Å². The molecular formula is C11H20N6O. The van der Waals surface area contributed by atoms with Gasteiger partial charge in [0.25, 0.3) is 0 Å². The first kappa shape index (κ1) is 13.0. The van der Waals surface area contributed by atoms with E-state index < -0.39 is 0 Å². The van der Waals surface area contributed by atoms with Gasteiger partial charge >= 0.3 is 0 Å². The monoisotopic (exact) mass is 252 g/mol. The predicted octanol–water partition coefficient (Wildman–Crippen LogP) is -0.666. The van der Waals surface area contributed by atoms with Crippen molar-refractivity contribution in [2.24, 2.45) is 5.92 Å². The number of anilines is 2. The van der Waals surface area contributed by atoms with E-state index in [9.17, 15) is 0 Å². The number of rotatable bonds is 4. The Kier molecular flexibility index (Phi) is 3.93. The number of nitrogen functional groups attached to an aromatic ring is 1. The minimum atomic E-state index is 0.249. The summed E-state index contributed by atoms with van der Waals surface area (Å²) in [6.07, 6.45) is 1.03. The number of hydrogen-bond donors (Lipinski definition) is 2. The zero-order valence-corrected chi connectivity index (χ0v) is 10.9. The van der Waals surface area contributed by atoms with E-state index in [1.165, 1.54) is 0 Å². The number of aromatic nitrogens is 3. The molecule has 1 aliphatic heterocycles. The highest BCUT2D eigenvalue weighted by Crippen LogP contribution is 2.17. The van der Waals surface area contributed by atoms with Gasteiger partial charge in [-0.1, -0.05) is 0 Å². The first-order chi connectivity index (χ1) is 8.58.